The third-order valence-corrected chi connectivity index (χ3v) is 15.2. The molecule has 510 valence electrons. The predicted molar refractivity (Wildman–Crippen MR) is 322 cm³/mol. The number of carboxylic acid groups (broad SMARTS) is 1. The van der Waals surface area contributed by atoms with Crippen molar-refractivity contribution in [2.75, 3.05) is 13.1 Å². The van der Waals surface area contributed by atoms with Crippen LogP contribution in [0.2, 0.25) is 0 Å². The maximum atomic E-state index is 14.6. The van der Waals surface area contributed by atoms with E-state index in [-0.39, 0.29) is 91.9 Å². The maximum Gasteiger partial charge on any atom is 0.524 e. The quantitative estimate of drug-likeness (QED) is 0.0331. The number of hydrogen-bond donors (Lipinski definition) is 14. The van der Waals surface area contributed by atoms with E-state index in [1.165, 1.54) is 90.7 Å². The molecule has 1 fully saturated rings. The monoisotopic (exact) mass is 1340 g/mol. The Kier molecular flexibility index (Phi) is 24.8. The summed E-state index contributed by atoms with van der Waals surface area (Å²) in [5, 5.41) is 53.2. The summed E-state index contributed by atoms with van der Waals surface area (Å²) in [4.78, 5) is 164. The molecular weight excluding hydrogens is 1270 g/mol. The second-order valence-corrected chi connectivity index (χ2v) is 23.8. The van der Waals surface area contributed by atoms with Crippen molar-refractivity contribution in [3.8, 4) is 28.7 Å². The maximum absolute atomic E-state index is 14.6. The summed E-state index contributed by atoms with van der Waals surface area (Å²) in [7, 11) is -4.97. The molecule has 4 aromatic carbocycles. The molecule has 0 aliphatic carbocycles. The number of phenolic OH excluding ortho intramolecular Hbond substituents is 2. The van der Waals surface area contributed by atoms with E-state index in [1.54, 1.807) is 27.7 Å². The molecule has 94 heavy (non-hydrogen) atoms. The van der Waals surface area contributed by atoms with Gasteiger partial charge in [-0.15, -0.1) is 0 Å². The van der Waals surface area contributed by atoms with Crippen LogP contribution in [0.3, 0.4) is 0 Å². The molecule has 3 heterocycles. The predicted octanol–water partition coefficient (Wildman–Crippen LogP) is 1.63. The third kappa shape index (κ3) is 18.9. The lowest BCUT2D eigenvalue weighted by Gasteiger charge is -2.36. The summed E-state index contributed by atoms with van der Waals surface area (Å²) in [6, 6.07) is 9.17. The molecule has 0 saturated carbocycles. The number of phosphoric acid groups is 1. The lowest BCUT2D eigenvalue weighted by atomic mass is 9.77. The molecule has 30 nitrogen and oxygen atoms in total. The van der Waals surface area contributed by atoms with Gasteiger partial charge in [-0.05, 0) is 98.5 Å². The number of aliphatic hydroxyl groups is 1. The number of hydrogen-bond acceptors (Lipinski definition) is 18. The van der Waals surface area contributed by atoms with Gasteiger partial charge < -0.3 is 82.7 Å². The Morgan fingerprint density at radius 1 is 0.755 bits per heavy atom. The highest BCUT2D eigenvalue weighted by atomic mass is 31.2. The van der Waals surface area contributed by atoms with Crippen molar-refractivity contribution in [3.63, 3.8) is 0 Å². The van der Waals surface area contributed by atoms with E-state index in [9.17, 15) is 90.8 Å². The second-order valence-electron chi connectivity index (χ2n) is 22.6. The number of aliphatic hydroxyl groups excluding tert-OH is 1. The fraction of sp³-hybridized carbons (Fsp3) is 0.417. The molecule has 1 spiro atoms. The number of fused-ring (bicyclic) bond motifs is 6. The van der Waals surface area contributed by atoms with E-state index in [2.05, 4.69) is 36.4 Å². The Morgan fingerprint density at radius 2 is 1.32 bits per heavy atom. The van der Waals surface area contributed by atoms with Gasteiger partial charge in [-0.2, -0.15) is 13.2 Å². The molecule has 4 aromatic rings. The topological polar surface area (TPSA) is 481 Å². The number of phosphoric ester groups is 1. The molecule has 0 bridgehead atoms. The number of carboxylic acids is 1. The number of halogens is 3. The van der Waals surface area contributed by atoms with Crippen LogP contribution in [0, 0.1) is 11.8 Å². The number of carbonyl (C=O) groups is 11. The van der Waals surface area contributed by atoms with Gasteiger partial charge in [0, 0.05) is 53.8 Å². The van der Waals surface area contributed by atoms with Crippen LogP contribution in [0.25, 0.3) is 0 Å². The zero-order valence-electron chi connectivity index (χ0n) is 50.3. The van der Waals surface area contributed by atoms with Gasteiger partial charge in [-0.1, -0.05) is 53.3 Å². The molecule has 0 radical (unpaired) electrons. The molecule has 7 atom stereocenters. The smallest absolute Gasteiger partial charge is 0.508 e. The zero-order chi connectivity index (χ0) is 69.2. The molecule has 3 aliphatic heterocycles. The number of aromatic hydroxyl groups is 2. The number of carbonyl (C=O) groups excluding carboxylic acids is 10. The van der Waals surface area contributed by atoms with Crippen LogP contribution in [-0.4, -0.2) is 162 Å². The number of amides is 9. The van der Waals surface area contributed by atoms with Crippen molar-refractivity contribution in [3.05, 3.63) is 112 Å². The van der Waals surface area contributed by atoms with Crippen LogP contribution < -0.4 is 52.6 Å². The summed E-state index contributed by atoms with van der Waals surface area (Å²) < 4.78 is 60.0. The van der Waals surface area contributed by atoms with Gasteiger partial charge in [-0.3, -0.25) is 52.9 Å². The van der Waals surface area contributed by atoms with Crippen LogP contribution >= 0.6 is 7.82 Å². The first-order valence-corrected chi connectivity index (χ1v) is 30.2. The van der Waals surface area contributed by atoms with Crippen molar-refractivity contribution in [2.24, 2.45) is 23.3 Å². The van der Waals surface area contributed by atoms with Crippen LogP contribution in [0.1, 0.15) is 117 Å². The number of rotatable bonds is 25. The number of primary amides is 2. The number of phenols is 2. The number of likely N-dealkylation sites (tertiary alicyclic amines) is 1. The van der Waals surface area contributed by atoms with Gasteiger partial charge in [0.1, 0.15) is 65.0 Å². The highest BCUT2D eigenvalue weighted by molar-refractivity contribution is 7.46. The van der Waals surface area contributed by atoms with Crippen molar-refractivity contribution < 1.29 is 115 Å². The van der Waals surface area contributed by atoms with E-state index in [1.807, 2.05) is 0 Å². The van der Waals surface area contributed by atoms with E-state index in [4.69, 9.17) is 30.8 Å². The third-order valence-electron chi connectivity index (χ3n) is 14.7. The van der Waals surface area contributed by atoms with Gasteiger partial charge in [-0.25, -0.2) is 14.2 Å². The average Bonchev–Trinajstić information content (AvgIpc) is 1.46. The number of nitrogens with zero attached hydrogens (tertiary/aromatic N) is 1. The fourth-order valence-electron chi connectivity index (χ4n) is 10.4. The lowest BCUT2D eigenvalue weighted by molar-refractivity contribution is -0.192. The minimum atomic E-state index is -5.08. The average molecular weight is 1340 g/mol. The second kappa shape index (κ2) is 31.2. The molecular formula is C60H73F3N9O21P. The number of ether oxygens (including phenoxy) is 2. The number of benzene rings is 4. The Balaban J connectivity index is 0.00000189. The highest BCUT2D eigenvalue weighted by Crippen LogP contribution is 2.57. The fourth-order valence-corrected chi connectivity index (χ4v) is 10.8. The van der Waals surface area contributed by atoms with E-state index in [0.29, 0.717) is 22.3 Å². The lowest BCUT2D eigenvalue weighted by Crippen LogP contribution is -2.61. The molecule has 7 rings (SSSR count). The van der Waals surface area contributed by atoms with Crippen molar-refractivity contribution in [1.29, 1.82) is 0 Å². The van der Waals surface area contributed by atoms with E-state index in [0.717, 1.165) is 0 Å². The summed E-state index contributed by atoms with van der Waals surface area (Å²) in [6.45, 7) is 7.18. The van der Waals surface area contributed by atoms with E-state index >= 15 is 0 Å². The number of alkyl halides is 3. The standard InChI is InChI=1S/C57H68N9O19P.C2HF3O2.CH4/c1-27(2)21-41(55(78)66-20-6-7-42(66)53(76)62-39(18-19-45(58)70)51(74)65-48(29(5)67)54(77)64-47(28(3)4)49(59)72)63-52(75)40(22-30-8-13-34(14-9-30)85-86(80,81)82)61-46(71)26-60-50(73)31-10-15-36-35(23-31)56(79)84-57(36)37-16-11-32(68)24-43(37)83-44-25-33(69)12-17-38(44)57;3-2(4,5)1(6)7;/h8-17,23-25,27-29,39-42,47-48,67-69H,6-7,18-22,26H2,1-5H3,(H2,58,70)(H2,59,72)(H,60,73)(H,61,71)(H,62,76)(H,63,75)(H,64,77)(H,65,74)(H2,80,81,82);(H,6,7);1H4/t29-,39+,40+,41+,42+,47+,48+;;/m1../s1. The van der Waals surface area contributed by atoms with Gasteiger partial charge in [0.2, 0.25) is 47.3 Å². The first kappa shape index (κ1) is 74.9. The number of nitrogens with one attached hydrogen (secondary N) is 6. The minimum absolute atomic E-state index is 0. The van der Waals surface area contributed by atoms with Crippen LogP contribution in [0.5, 0.6) is 28.7 Å². The zero-order valence-corrected chi connectivity index (χ0v) is 51.2. The number of esters is 1. The van der Waals surface area contributed by atoms with Gasteiger partial charge in [0.25, 0.3) is 5.91 Å². The Morgan fingerprint density at radius 3 is 1.84 bits per heavy atom. The van der Waals surface area contributed by atoms with Gasteiger partial charge in [0.05, 0.1) is 18.2 Å². The highest BCUT2D eigenvalue weighted by Gasteiger charge is 2.54. The number of aliphatic carboxylic acids is 1. The molecule has 9 amide bonds. The van der Waals surface area contributed by atoms with Crippen LogP contribution in [-0.2, 0) is 64.5 Å². The molecule has 16 N–H and O–H groups in total. The molecule has 3 aliphatic rings. The van der Waals surface area contributed by atoms with E-state index < -0.39 is 146 Å². The normalized spacial score (nSPS) is 16.2. The molecule has 0 aromatic heterocycles. The SMILES string of the molecule is C.CC(C)C[C@H](NC(=O)[C@H](Cc1ccc(OP(=O)(O)O)cc1)NC(=O)CNC(=O)c1ccc2c(c1)C(=O)OC21c2ccc(O)cc2Oc2cc(O)ccc21)C(=O)N1CCC[C@H]1C(=O)N[C@@H](CCC(N)=O)C(=O)N[C@H](C(=O)N[C@H](C(N)=O)C(C)C)[C@@H](C)O.O=C(O)C(F)(F)F. The first-order chi connectivity index (χ1) is 43.4. The molecule has 0 unspecified atom stereocenters. The Labute approximate surface area is 534 Å². The summed E-state index contributed by atoms with van der Waals surface area (Å²) in [5.41, 5.74) is 10.4. The molecule has 34 heteroatoms. The summed E-state index contributed by atoms with van der Waals surface area (Å²) in [5.74, 6) is -12.6. The van der Waals surface area contributed by atoms with Crippen LogP contribution in [0.4, 0.5) is 13.2 Å². The molecule has 1 saturated heterocycles. The van der Waals surface area contributed by atoms with Crippen molar-refractivity contribution in [1.82, 2.24) is 36.8 Å². The van der Waals surface area contributed by atoms with Crippen LogP contribution in [0.15, 0.2) is 78.9 Å². The van der Waals surface area contributed by atoms with Gasteiger partial charge in [0.15, 0.2) is 5.60 Å². The summed E-state index contributed by atoms with van der Waals surface area (Å²) >= 11 is 0. The largest absolute Gasteiger partial charge is 0.524 e. The Hall–Kier alpha value is -9.85. The van der Waals surface area contributed by atoms with Gasteiger partial charge >= 0.3 is 25.9 Å². The number of nitrogens with two attached hydrogens (primary N) is 2. The first-order valence-electron chi connectivity index (χ1n) is 28.6. The Bertz CT molecular complexity index is 3550. The van der Waals surface area contributed by atoms with Crippen molar-refractivity contribution >= 4 is 72.9 Å². The van der Waals surface area contributed by atoms with Crippen molar-refractivity contribution in [2.45, 2.75) is 135 Å². The summed E-state index contributed by atoms with van der Waals surface area (Å²) in [6.07, 6.45) is -7.38. The minimum Gasteiger partial charge on any atom is -0.508 e.